The Morgan fingerprint density at radius 3 is 1.02 bits per heavy atom. The molecule has 0 bridgehead atoms. The Morgan fingerprint density at radius 1 is 0.182 bits per heavy atom. The molecule has 0 heterocycles. The lowest BCUT2D eigenvalue weighted by atomic mass is 9.84. The van der Waals surface area contributed by atoms with Crippen LogP contribution < -0.4 is 0 Å². The second-order valence-electron chi connectivity index (χ2n) is 11.6. The Balaban J connectivity index is 1.41. The normalized spacial score (nSPS) is 11.6. The van der Waals surface area contributed by atoms with Gasteiger partial charge >= 0.3 is 0 Å². The first-order valence-electron chi connectivity index (χ1n) is 15.3. The third-order valence-corrected chi connectivity index (χ3v) is 9.23. The summed E-state index contributed by atoms with van der Waals surface area (Å²) in [6.45, 7) is 0. The molecular weight excluding hydrogens is 528 g/mol. The van der Waals surface area contributed by atoms with Crippen LogP contribution in [-0.4, -0.2) is 0 Å². The smallest absolute Gasteiger partial charge is 0.00261 e. The van der Waals surface area contributed by atoms with Crippen molar-refractivity contribution in [1.82, 2.24) is 0 Å². The highest BCUT2D eigenvalue weighted by Crippen LogP contribution is 2.45. The predicted octanol–water partition coefficient (Wildman–Crippen LogP) is 12.5. The maximum absolute atomic E-state index is 2.44. The largest absolute Gasteiger partial charge is 0.0622 e. The Kier molecular flexibility index (Phi) is 5.61. The molecule has 9 aromatic carbocycles. The van der Waals surface area contributed by atoms with E-state index in [0.29, 0.717) is 0 Å². The molecule has 44 heavy (non-hydrogen) atoms. The van der Waals surface area contributed by atoms with Gasteiger partial charge in [0.25, 0.3) is 0 Å². The molecule has 0 saturated carbocycles. The van der Waals surface area contributed by atoms with Crippen LogP contribution in [0.2, 0.25) is 0 Å². The Bertz CT molecular complexity index is 2470. The molecule has 9 aromatic rings. The molecule has 0 N–H and O–H groups in total. The van der Waals surface area contributed by atoms with E-state index >= 15 is 0 Å². The van der Waals surface area contributed by atoms with Crippen molar-refractivity contribution < 1.29 is 0 Å². The molecule has 204 valence electrons. The van der Waals surface area contributed by atoms with Gasteiger partial charge in [0.2, 0.25) is 0 Å². The highest BCUT2D eigenvalue weighted by Gasteiger charge is 2.18. The van der Waals surface area contributed by atoms with Gasteiger partial charge in [0, 0.05) is 0 Å². The molecule has 0 aliphatic heterocycles. The molecule has 0 spiro atoms. The number of hydrogen-bond acceptors (Lipinski definition) is 0. The summed E-state index contributed by atoms with van der Waals surface area (Å²) >= 11 is 0. The van der Waals surface area contributed by atoms with Crippen molar-refractivity contribution in [3.8, 4) is 33.4 Å². The van der Waals surface area contributed by atoms with Crippen molar-refractivity contribution in [3.63, 3.8) is 0 Å². The van der Waals surface area contributed by atoms with Crippen molar-refractivity contribution in [1.29, 1.82) is 0 Å². The van der Waals surface area contributed by atoms with Crippen LogP contribution >= 0.6 is 0 Å². The topological polar surface area (TPSA) is 0 Å². The maximum Gasteiger partial charge on any atom is -0.00261 e. The molecule has 0 fully saturated rings. The summed E-state index contributed by atoms with van der Waals surface area (Å²) in [7, 11) is 0. The van der Waals surface area contributed by atoms with Crippen LogP contribution in [0, 0.1) is 0 Å². The first kappa shape index (κ1) is 24.8. The fourth-order valence-corrected chi connectivity index (χ4v) is 7.28. The highest BCUT2D eigenvalue weighted by atomic mass is 14.2. The molecule has 0 radical (unpaired) electrons. The third kappa shape index (κ3) is 3.78. The van der Waals surface area contributed by atoms with Gasteiger partial charge in [-0.25, -0.2) is 0 Å². The fourth-order valence-electron chi connectivity index (χ4n) is 7.28. The molecule has 0 amide bonds. The minimum Gasteiger partial charge on any atom is -0.0622 e. The Morgan fingerprint density at radius 2 is 0.523 bits per heavy atom. The second kappa shape index (κ2) is 9.93. The van der Waals surface area contributed by atoms with Crippen molar-refractivity contribution in [2.45, 2.75) is 0 Å². The summed E-state index contributed by atoms with van der Waals surface area (Å²) in [6, 6.07) is 62.3. The van der Waals surface area contributed by atoms with Crippen molar-refractivity contribution in [3.05, 3.63) is 170 Å². The maximum atomic E-state index is 2.44. The zero-order valence-corrected chi connectivity index (χ0v) is 24.2. The van der Waals surface area contributed by atoms with Gasteiger partial charge in [-0.05, 0) is 99.4 Å². The molecule has 0 atom stereocenters. The van der Waals surface area contributed by atoms with Crippen molar-refractivity contribution >= 4 is 53.9 Å². The summed E-state index contributed by atoms with van der Waals surface area (Å²) < 4.78 is 0. The molecule has 0 unspecified atom stereocenters. The first-order chi connectivity index (χ1) is 21.8. The SMILES string of the molecule is c1ccc(-c2ccc3c4ccccc4c4ccc(-c5c6ccccc6c(-c6ccccc6)c6ccccc56)cc4c3c2)cc1. The summed E-state index contributed by atoms with van der Waals surface area (Å²) in [4.78, 5) is 0. The van der Waals surface area contributed by atoms with E-state index in [1.54, 1.807) is 0 Å². The van der Waals surface area contributed by atoms with E-state index in [9.17, 15) is 0 Å². The summed E-state index contributed by atoms with van der Waals surface area (Å²) in [5, 5.41) is 12.9. The van der Waals surface area contributed by atoms with E-state index in [-0.39, 0.29) is 0 Å². The van der Waals surface area contributed by atoms with Gasteiger partial charge in [-0.3, -0.25) is 0 Å². The lowest BCUT2D eigenvalue weighted by molar-refractivity contribution is 1.65. The van der Waals surface area contributed by atoms with E-state index in [1.165, 1.54) is 87.2 Å². The number of fused-ring (bicyclic) bond motifs is 8. The third-order valence-electron chi connectivity index (χ3n) is 9.23. The standard InChI is InChI=1S/C44H28/c1-3-13-29(14-4-1)31-23-25-35-33-17-7-8-18-34(33)36-26-24-32(28-42(36)41(35)27-31)44-39-21-11-9-19-37(39)43(30-15-5-2-6-16-30)38-20-10-12-22-40(38)44/h1-28H. The molecule has 0 aliphatic carbocycles. The predicted molar refractivity (Wildman–Crippen MR) is 190 cm³/mol. The van der Waals surface area contributed by atoms with E-state index in [2.05, 4.69) is 170 Å². The molecule has 9 rings (SSSR count). The summed E-state index contributed by atoms with van der Waals surface area (Å²) in [6.07, 6.45) is 0. The Labute approximate surface area is 256 Å². The van der Waals surface area contributed by atoms with Crippen LogP contribution in [0.3, 0.4) is 0 Å². The van der Waals surface area contributed by atoms with Gasteiger partial charge in [0.05, 0.1) is 0 Å². The van der Waals surface area contributed by atoms with Crippen molar-refractivity contribution in [2.24, 2.45) is 0 Å². The minimum absolute atomic E-state index is 1.24. The van der Waals surface area contributed by atoms with Crippen LogP contribution in [0.25, 0.3) is 87.2 Å². The molecule has 0 nitrogen and oxygen atoms in total. The molecule has 0 aromatic heterocycles. The summed E-state index contributed by atoms with van der Waals surface area (Å²) in [5.41, 5.74) is 7.55. The van der Waals surface area contributed by atoms with Crippen molar-refractivity contribution in [2.75, 3.05) is 0 Å². The number of rotatable bonds is 3. The monoisotopic (exact) mass is 556 g/mol. The minimum atomic E-state index is 1.24. The van der Waals surface area contributed by atoms with E-state index in [0.717, 1.165) is 0 Å². The second-order valence-corrected chi connectivity index (χ2v) is 11.6. The molecule has 0 saturated heterocycles. The van der Waals surface area contributed by atoms with E-state index in [4.69, 9.17) is 0 Å². The molecule has 0 heteroatoms. The van der Waals surface area contributed by atoms with Gasteiger partial charge in [0.15, 0.2) is 0 Å². The van der Waals surface area contributed by atoms with Crippen LogP contribution in [-0.2, 0) is 0 Å². The highest BCUT2D eigenvalue weighted by molar-refractivity contribution is 6.27. The average molecular weight is 557 g/mol. The number of hydrogen-bond donors (Lipinski definition) is 0. The van der Waals surface area contributed by atoms with Gasteiger partial charge in [-0.1, -0.05) is 158 Å². The van der Waals surface area contributed by atoms with Gasteiger partial charge in [-0.15, -0.1) is 0 Å². The quantitative estimate of drug-likeness (QED) is 0.150. The van der Waals surface area contributed by atoms with Gasteiger partial charge in [0.1, 0.15) is 0 Å². The van der Waals surface area contributed by atoms with Crippen LogP contribution in [0.4, 0.5) is 0 Å². The van der Waals surface area contributed by atoms with E-state index < -0.39 is 0 Å². The zero-order chi connectivity index (χ0) is 29.0. The average Bonchev–Trinajstić information content (AvgIpc) is 3.11. The van der Waals surface area contributed by atoms with E-state index in [1.807, 2.05) is 0 Å². The van der Waals surface area contributed by atoms with Crippen LogP contribution in [0.5, 0.6) is 0 Å². The van der Waals surface area contributed by atoms with Crippen LogP contribution in [0.15, 0.2) is 170 Å². The number of benzene rings is 9. The molecular formula is C44H28. The lowest BCUT2D eigenvalue weighted by Gasteiger charge is -2.19. The van der Waals surface area contributed by atoms with Crippen LogP contribution in [0.1, 0.15) is 0 Å². The first-order valence-corrected chi connectivity index (χ1v) is 15.3. The lowest BCUT2D eigenvalue weighted by Crippen LogP contribution is -1.91. The Hall–Kier alpha value is -5.72. The van der Waals surface area contributed by atoms with Gasteiger partial charge in [-0.2, -0.15) is 0 Å². The fraction of sp³-hybridized carbons (Fsp3) is 0. The summed E-state index contributed by atoms with van der Waals surface area (Å²) in [5.74, 6) is 0. The molecule has 0 aliphatic rings. The zero-order valence-electron chi connectivity index (χ0n) is 24.2. The van der Waals surface area contributed by atoms with Gasteiger partial charge < -0.3 is 0 Å².